The molecule has 2 nitrogen and oxygen atoms in total. The molecule has 0 saturated carbocycles. The van der Waals surface area contributed by atoms with Crippen molar-refractivity contribution >= 4 is 11.6 Å². The third-order valence-corrected chi connectivity index (χ3v) is 3.72. The molecule has 0 aliphatic heterocycles. The fourth-order valence-corrected chi connectivity index (χ4v) is 2.87. The van der Waals surface area contributed by atoms with Crippen molar-refractivity contribution in [3.63, 3.8) is 0 Å². The van der Waals surface area contributed by atoms with Crippen LogP contribution in [-0.2, 0) is 6.54 Å². The topological polar surface area (TPSA) is 29.3 Å². The normalized spacial score (nSPS) is 14.2. The summed E-state index contributed by atoms with van der Waals surface area (Å²) in [6.07, 6.45) is 0. The second-order valence-corrected chi connectivity index (χ2v) is 5.84. The van der Waals surface area contributed by atoms with Crippen LogP contribution in [0.25, 0.3) is 0 Å². The van der Waals surface area contributed by atoms with E-state index in [1.807, 2.05) is 44.3 Å². The number of nitrogens with zero attached hydrogens (tertiary/aromatic N) is 1. The largest absolute Gasteiger partial charge is 0.326 e. The minimum atomic E-state index is -0.221. The minimum Gasteiger partial charge on any atom is -0.326 e. The minimum absolute atomic E-state index is 0.0203. The number of hydrogen-bond acceptors (Lipinski definition) is 2. The van der Waals surface area contributed by atoms with Gasteiger partial charge >= 0.3 is 0 Å². The molecule has 0 aliphatic carbocycles. The van der Waals surface area contributed by atoms with E-state index in [-0.39, 0.29) is 17.9 Å². The van der Waals surface area contributed by atoms with Crippen LogP contribution in [0, 0.1) is 5.82 Å². The maximum atomic E-state index is 13.3. The first-order valence-corrected chi connectivity index (χ1v) is 7.31. The van der Waals surface area contributed by atoms with Gasteiger partial charge in [0.2, 0.25) is 0 Å². The van der Waals surface area contributed by atoms with E-state index in [9.17, 15) is 4.39 Å². The van der Waals surface area contributed by atoms with Gasteiger partial charge in [-0.25, -0.2) is 4.39 Å². The third-order valence-electron chi connectivity index (χ3n) is 3.48. The predicted octanol–water partition coefficient (Wildman–Crippen LogP) is 4.00. The Kier molecular flexibility index (Phi) is 5.34. The molecule has 2 atom stereocenters. The number of benzene rings is 2. The van der Waals surface area contributed by atoms with Crippen molar-refractivity contribution < 1.29 is 4.39 Å². The van der Waals surface area contributed by atoms with Crippen LogP contribution in [0.2, 0.25) is 5.02 Å². The summed E-state index contributed by atoms with van der Waals surface area (Å²) in [5.74, 6) is -0.221. The summed E-state index contributed by atoms with van der Waals surface area (Å²) in [4.78, 5) is 2.12. The molecule has 0 radical (unpaired) electrons. The Morgan fingerprint density at radius 3 is 2.52 bits per heavy atom. The maximum Gasteiger partial charge on any atom is 0.123 e. The van der Waals surface area contributed by atoms with Gasteiger partial charge in [0.05, 0.1) is 0 Å². The summed E-state index contributed by atoms with van der Waals surface area (Å²) in [7, 11) is 1.99. The van der Waals surface area contributed by atoms with Gasteiger partial charge in [0.1, 0.15) is 5.82 Å². The Morgan fingerprint density at radius 1 is 1.19 bits per heavy atom. The monoisotopic (exact) mass is 306 g/mol. The Balaban J connectivity index is 2.22. The number of hydrogen-bond donors (Lipinski definition) is 1. The SMILES string of the molecule is CC(N)C(c1cccc(Cl)c1)N(C)Cc1cccc(F)c1. The average Bonchev–Trinajstić information content (AvgIpc) is 2.38. The van der Waals surface area contributed by atoms with E-state index >= 15 is 0 Å². The lowest BCUT2D eigenvalue weighted by Crippen LogP contribution is -2.37. The van der Waals surface area contributed by atoms with Crippen LogP contribution in [0.15, 0.2) is 48.5 Å². The highest BCUT2D eigenvalue weighted by Gasteiger charge is 2.21. The molecule has 0 spiro atoms. The van der Waals surface area contributed by atoms with E-state index in [0.29, 0.717) is 11.6 Å². The second-order valence-electron chi connectivity index (χ2n) is 5.40. The van der Waals surface area contributed by atoms with Gasteiger partial charge in [-0.3, -0.25) is 4.90 Å². The molecule has 112 valence electrons. The van der Waals surface area contributed by atoms with Crippen LogP contribution in [0.1, 0.15) is 24.1 Å². The zero-order valence-corrected chi connectivity index (χ0v) is 13.0. The molecule has 2 aromatic rings. The Morgan fingerprint density at radius 2 is 1.90 bits per heavy atom. The number of rotatable bonds is 5. The van der Waals surface area contributed by atoms with Crippen molar-refractivity contribution in [2.24, 2.45) is 5.73 Å². The van der Waals surface area contributed by atoms with Crippen LogP contribution in [0.4, 0.5) is 4.39 Å². The zero-order chi connectivity index (χ0) is 15.4. The quantitative estimate of drug-likeness (QED) is 0.904. The molecule has 2 aromatic carbocycles. The van der Waals surface area contributed by atoms with E-state index in [1.165, 1.54) is 6.07 Å². The van der Waals surface area contributed by atoms with E-state index < -0.39 is 0 Å². The van der Waals surface area contributed by atoms with E-state index in [1.54, 1.807) is 12.1 Å². The highest BCUT2D eigenvalue weighted by Crippen LogP contribution is 2.26. The zero-order valence-electron chi connectivity index (χ0n) is 12.3. The van der Waals surface area contributed by atoms with Crippen molar-refractivity contribution in [3.05, 3.63) is 70.5 Å². The standard InChI is InChI=1S/C17H20ClFN2/c1-12(20)17(14-6-4-7-15(18)10-14)21(2)11-13-5-3-8-16(19)9-13/h3-10,12,17H,11,20H2,1-2H3. The van der Waals surface area contributed by atoms with Gasteiger partial charge in [-0.15, -0.1) is 0 Å². The highest BCUT2D eigenvalue weighted by molar-refractivity contribution is 6.30. The molecule has 0 saturated heterocycles. The van der Waals surface area contributed by atoms with Crippen molar-refractivity contribution in [1.29, 1.82) is 0 Å². The summed E-state index contributed by atoms with van der Waals surface area (Å²) in [5.41, 5.74) is 8.13. The Bertz CT molecular complexity index is 601. The first-order valence-electron chi connectivity index (χ1n) is 6.93. The summed E-state index contributed by atoms with van der Waals surface area (Å²) < 4.78 is 13.3. The smallest absolute Gasteiger partial charge is 0.123 e. The molecule has 0 bridgehead atoms. The summed E-state index contributed by atoms with van der Waals surface area (Å²) >= 11 is 6.07. The molecule has 0 aromatic heterocycles. The second kappa shape index (κ2) is 7.03. The fourth-order valence-electron chi connectivity index (χ4n) is 2.67. The third kappa shape index (κ3) is 4.27. The Hall–Kier alpha value is -1.42. The lowest BCUT2D eigenvalue weighted by atomic mass is 9.99. The molecule has 4 heteroatoms. The molecular formula is C17H20ClFN2. The number of nitrogens with two attached hydrogens (primary N) is 1. The van der Waals surface area contributed by atoms with Gasteiger partial charge in [-0.1, -0.05) is 35.9 Å². The van der Waals surface area contributed by atoms with E-state index in [2.05, 4.69) is 4.90 Å². The van der Waals surface area contributed by atoms with Gasteiger partial charge in [0.25, 0.3) is 0 Å². The molecule has 0 aliphatic rings. The molecule has 0 fully saturated rings. The van der Waals surface area contributed by atoms with Crippen LogP contribution < -0.4 is 5.73 Å². The van der Waals surface area contributed by atoms with Crippen molar-refractivity contribution in [2.75, 3.05) is 7.05 Å². The predicted molar refractivity (Wildman–Crippen MR) is 85.7 cm³/mol. The summed E-state index contributed by atoms with van der Waals surface area (Å²) in [6.45, 7) is 2.59. The van der Waals surface area contributed by atoms with Gasteiger partial charge in [0.15, 0.2) is 0 Å². The molecule has 2 unspecified atom stereocenters. The molecule has 0 heterocycles. The highest BCUT2D eigenvalue weighted by atomic mass is 35.5. The lowest BCUT2D eigenvalue weighted by Gasteiger charge is -2.31. The molecular weight excluding hydrogens is 287 g/mol. The van der Waals surface area contributed by atoms with Gasteiger partial charge in [-0.05, 0) is 49.4 Å². The van der Waals surface area contributed by atoms with E-state index in [0.717, 1.165) is 11.1 Å². The van der Waals surface area contributed by atoms with Crippen molar-refractivity contribution in [2.45, 2.75) is 25.6 Å². The number of halogens is 2. The van der Waals surface area contributed by atoms with Crippen LogP contribution in [0.5, 0.6) is 0 Å². The van der Waals surface area contributed by atoms with Crippen LogP contribution >= 0.6 is 11.6 Å². The van der Waals surface area contributed by atoms with Crippen molar-refractivity contribution in [3.8, 4) is 0 Å². The van der Waals surface area contributed by atoms with Gasteiger partial charge in [-0.2, -0.15) is 0 Å². The Labute approximate surface area is 130 Å². The molecule has 2 N–H and O–H groups in total. The van der Waals surface area contributed by atoms with Crippen molar-refractivity contribution in [1.82, 2.24) is 4.90 Å². The van der Waals surface area contributed by atoms with Crippen LogP contribution in [-0.4, -0.2) is 18.0 Å². The number of likely N-dealkylation sites (N-methyl/N-ethyl adjacent to an activating group) is 1. The van der Waals surface area contributed by atoms with Gasteiger partial charge < -0.3 is 5.73 Å². The van der Waals surface area contributed by atoms with Crippen LogP contribution in [0.3, 0.4) is 0 Å². The summed E-state index contributed by atoms with van der Waals surface area (Å²) in [5, 5.41) is 0.692. The maximum absolute atomic E-state index is 13.3. The molecule has 2 rings (SSSR count). The average molecular weight is 307 g/mol. The first-order chi connectivity index (χ1) is 9.97. The van der Waals surface area contributed by atoms with Gasteiger partial charge in [0, 0.05) is 23.7 Å². The summed E-state index contributed by atoms with van der Waals surface area (Å²) in [6, 6.07) is 14.3. The molecule has 0 amide bonds. The first kappa shape index (κ1) is 16.0. The lowest BCUT2D eigenvalue weighted by molar-refractivity contribution is 0.211. The molecule has 21 heavy (non-hydrogen) atoms. The fraction of sp³-hybridized carbons (Fsp3) is 0.294. The van der Waals surface area contributed by atoms with E-state index in [4.69, 9.17) is 17.3 Å².